The van der Waals surface area contributed by atoms with Gasteiger partial charge < -0.3 is 10.4 Å². The first-order valence-corrected chi connectivity index (χ1v) is 8.03. The van der Waals surface area contributed by atoms with Crippen LogP contribution in [0.2, 0.25) is 0 Å². The fourth-order valence-corrected chi connectivity index (χ4v) is 3.06. The van der Waals surface area contributed by atoms with Gasteiger partial charge >= 0.3 is 5.97 Å². The number of aromatic carboxylic acids is 1. The number of nitrogens with zero attached hydrogens (tertiary/aromatic N) is 1. The zero-order chi connectivity index (χ0) is 15.5. The molecule has 1 heterocycles. The van der Waals surface area contributed by atoms with Gasteiger partial charge in [-0.15, -0.1) is 0 Å². The van der Waals surface area contributed by atoms with Gasteiger partial charge in [-0.3, -0.25) is 4.79 Å². The largest absolute Gasteiger partial charge is 0.477 e. The highest BCUT2D eigenvalue weighted by atomic mass is 32.1. The van der Waals surface area contributed by atoms with E-state index in [0.29, 0.717) is 17.2 Å². The van der Waals surface area contributed by atoms with Crippen LogP contribution in [0.5, 0.6) is 0 Å². The van der Waals surface area contributed by atoms with Gasteiger partial charge in [0.1, 0.15) is 4.88 Å². The van der Waals surface area contributed by atoms with E-state index >= 15 is 0 Å². The second kappa shape index (κ2) is 6.27. The first-order valence-electron chi connectivity index (χ1n) is 7.21. The lowest BCUT2D eigenvalue weighted by Gasteiger charge is -2.00. The third kappa shape index (κ3) is 3.51. The zero-order valence-corrected chi connectivity index (χ0v) is 12.7. The number of carboxylic acid groups (broad SMARTS) is 1. The fourth-order valence-electron chi connectivity index (χ4n) is 2.20. The van der Waals surface area contributed by atoms with E-state index in [4.69, 9.17) is 0 Å². The molecule has 1 aromatic heterocycles. The number of aromatic nitrogens is 1. The molecular formula is C16H16N2O3S. The Balaban J connectivity index is 1.72. The van der Waals surface area contributed by atoms with E-state index in [0.717, 1.165) is 36.2 Å². The molecule has 2 N–H and O–H groups in total. The number of carboxylic acids is 1. The van der Waals surface area contributed by atoms with Gasteiger partial charge in [0, 0.05) is 5.92 Å². The van der Waals surface area contributed by atoms with Crippen molar-refractivity contribution in [1.82, 2.24) is 4.98 Å². The predicted molar refractivity (Wildman–Crippen MR) is 84.3 cm³/mol. The molecule has 3 rings (SSSR count). The van der Waals surface area contributed by atoms with Gasteiger partial charge in [-0.05, 0) is 31.2 Å². The SMILES string of the molecule is O=C(O)c1sc(NC(=O)C2CC2)nc1CCc1ccccc1. The minimum atomic E-state index is -0.993. The molecule has 0 spiro atoms. The van der Waals surface area contributed by atoms with E-state index in [1.807, 2.05) is 30.3 Å². The molecule has 6 heteroatoms. The van der Waals surface area contributed by atoms with Crippen molar-refractivity contribution in [2.24, 2.45) is 5.92 Å². The summed E-state index contributed by atoms with van der Waals surface area (Å²) in [6, 6.07) is 9.86. The van der Waals surface area contributed by atoms with E-state index in [9.17, 15) is 14.7 Å². The van der Waals surface area contributed by atoms with Gasteiger partial charge in [-0.2, -0.15) is 0 Å². The number of anilines is 1. The summed E-state index contributed by atoms with van der Waals surface area (Å²) in [5, 5.41) is 12.4. The summed E-state index contributed by atoms with van der Waals surface area (Å²) >= 11 is 1.03. The van der Waals surface area contributed by atoms with Crippen LogP contribution in [0.15, 0.2) is 30.3 Å². The predicted octanol–water partition coefficient (Wildman–Crippen LogP) is 2.98. The smallest absolute Gasteiger partial charge is 0.347 e. The summed E-state index contributed by atoms with van der Waals surface area (Å²) in [7, 11) is 0. The molecule has 0 unspecified atom stereocenters. The van der Waals surface area contributed by atoms with Gasteiger partial charge in [-0.1, -0.05) is 41.7 Å². The summed E-state index contributed by atoms with van der Waals surface area (Å²) in [6.45, 7) is 0. The van der Waals surface area contributed by atoms with E-state index in [1.165, 1.54) is 0 Å². The first kappa shape index (κ1) is 14.7. The molecule has 5 nitrogen and oxygen atoms in total. The Kier molecular flexibility index (Phi) is 4.20. The maximum absolute atomic E-state index is 11.8. The second-order valence-electron chi connectivity index (χ2n) is 5.35. The second-order valence-corrected chi connectivity index (χ2v) is 6.35. The minimum Gasteiger partial charge on any atom is -0.477 e. The Bertz CT molecular complexity index is 693. The van der Waals surface area contributed by atoms with Crippen molar-refractivity contribution in [3.05, 3.63) is 46.5 Å². The van der Waals surface area contributed by atoms with Crippen LogP contribution < -0.4 is 5.32 Å². The Morgan fingerprint density at radius 2 is 1.95 bits per heavy atom. The summed E-state index contributed by atoms with van der Waals surface area (Å²) in [4.78, 5) is 27.6. The van der Waals surface area contributed by atoms with Crippen molar-refractivity contribution in [1.29, 1.82) is 0 Å². The topological polar surface area (TPSA) is 79.3 Å². The monoisotopic (exact) mass is 316 g/mol. The van der Waals surface area contributed by atoms with Crippen molar-refractivity contribution in [2.75, 3.05) is 5.32 Å². The summed E-state index contributed by atoms with van der Waals surface area (Å²) < 4.78 is 0. The van der Waals surface area contributed by atoms with Gasteiger partial charge in [-0.25, -0.2) is 9.78 Å². The number of carbonyl (C=O) groups is 2. The minimum absolute atomic E-state index is 0.0553. The summed E-state index contributed by atoms with van der Waals surface area (Å²) in [6.07, 6.45) is 3.08. The van der Waals surface area contributed by atoms with Crippen molar-refractivity contribution >= 4 is 28.3 Å². The lowest BCUT2D eigenvalue weighted by atomic mass is 10.1. The van der Waals surface area contributed by atoms with Crippen molar-refractivity contribution in [3.63, 3.8) is 0 Å². The molecule has 1 aliphatic rings. The number of thiazole rings is 1. The van der Waals surface area contributed by atoms with E-state index in [-0.39, 0.29) is 16.7 Å². The average Bonchev–Trinajstić information content (AvgIpc) is 3.28. The molecule has 1 fully saturated rings. The van der Waals surface area contributed by atoms with Gasteiger partial charge in [0.2, 0.25) is 5.91 Å². The Hall–Kier alpha value is -2.21. The van der Waals surface area contributed by atoms with Crippen LogP contribution in [-0.2, 0) is 17.6 Å². The van der Waals surface area contributed by atoms with Crippen LogP contribution in [0.4, 0.5) is 5.13 Å². The highest BCUT2D eigenvalue weighted by Crippen LogP contribution is 2.31. The third-order valence-corrected chi connectivity index (χ3v) is 4.56. The molecule has 1 saturated carbocycles. The lowest BCUT2D eigenvalue weighted by molar-refractivity contribution is -0.117. The Morgan fingerprint density at radius 3 is 2.59 bits per heavy atom. The molecule has 2 aromatic rings. The zero-order valence-electron chi connectivity index (χ0n) is 11.9. The number of benzene rings is 1. The normalized spacial score (nSPS) is 13.8. The van der Waals surface area contributed by atoms with Crippen LogP contribution in [-0.4, -0.2) is 22.0 Å². The van der Waals surface area contributed by atoms with Gasteiger partial charge in [0.15, 0.2) is 5.13 Å². The molecule has 0 saturated heterocycles. The number of carbonyl (C=O) groups excluding carboxylic acids is 1. The number of aryl methyl sites for hydroxylation is 2. The van der Waals surface area contributed by atoms with E-state index in [2.05, 4.69) is 10.3 Å². The van der Waals surface area contributed by atoms with Gasteiger partial charge in [0.05, 0.1) is 5.69 Å². The van der Waals surface area contributed by atoms with Crippen LogP contribution >= 0.6 is 11.3 Å². The number of hydrogen-bond donors (Lipinski definition) is 2. The molecule has 1 aromatic carbocycles. The highest BCUT2D eigenvalue weighted by molar-refractivity contribution is 7.17. The molecule has 1 aliphatic carbocycles. The molecule has 0 atom stereocenters. The lowest BCUT2D eigenvalue weighted by Crippen LogP contribution is -2.13. The number of hydrogen-bond acceptors (Lipinski definition) is 4. The van der Waals surface area contributed by atoms with Crippen LogP contribution in [0.1, 0.15) is 33.8 Å². The molecule has 22 heavy (non-hydrogen) atoms. The highest BCUT2D eigenvalue weighted by Gasteiger charge is 2.30. The average molecular weight is 316 g/mol. The van der Waals surface area contributed by atoms with Crippen LogP contribution in [0.3, 0.4) is 0 Å². The fraction of sp³-hybridized carbons (Fsp3) is 0.312. The van der Waals surface area contributed by atoms with Crippen molar-refractivity contribution < 1.29 is 14.7 Å². The number of nitrogens with one attached hydrogen (secondary N) is 1. The molecular weight excluding hydrogens is 300 g/mol. The standard InChI is InChI=1S/C16H16N2O3S/c19-14(11-7-8-11)18-16-17-12(13(22-16)15(20)21)9-6-10-4-2-1-3-5-10/h1-5,11H,6-9H2,(H,20,21)(H,17,18,19). The van der Waals surface area contributed by atoms with E-state index in [1.54, 1.807) is 0 Å². The summed E-state index contributed by atoms with van der Waals surface area (Å²) in [5.74, 6) is -0.974. The van der Waals surface area contributed by atoms with Crippen LogP contribution in [0.25, 0.3) is 0 Å². The first-order chi connectivity index (χ1) is 10.6. The van der Waals surface area contributed by atoms with Gasteiger partial charge in [0.25, 0.3) is 0 Å². The van der Waals surface area contributed by atoms with Crippen LogP contribution in [0, 0.1) is 5.92 Å². The number of amides is 1. The van der Waals surface area contributed by atoms with E-state index < -0.39 is 5.97 Å². The third-order valence-electron chi connectivity index (χ3n) is 3.56. The van der Waals surface area contributed by atoms with Crippen molar-refractivity contribution in [3.8, 4) is 0 Å². The quantitative estimate of drug-likeness (QED) is 0.858. The molecule has 0 radical (unpaired) electrons. The Labute approximate surface area is 132 Å². The molecule has 114 valence electrons. The molecule has 0 aliphatic heterocycles. The maximum Gasteiger partial charge on any atom is 0.347 e. The number of rotatable bonds is 6. The maximum atomic E-state index is 11.8. The van der Waals surface area contributed by atoms with Crippen molar-refractivity contribution in [2.45, 2.75) is 25.7 Å². The Morgan fingerprint density at radius 1 is 1.23 bits per heavy atom. The molecule has 1 amide bonds. The molecule has 0 bridgehead atoms. The summed E-state index contributed by atoms with van der Waals surface area (Å²) in [5.41, 5.74) is 1.67.